The lowest BCUT2D eigenvalue weighted by Crippen LogP contribution is -2.36. The summed E-state index contributed by atoms with van der Waals surface area (Å²) >= 11 is 1.73. The first-order valence-electron chi connectivity index (χ1n) is 11.5. The van der Waals surface area contributed by atoms with Crippen molar-refractivity contribution in [2.45, 2.75) is 12.8 Å². The van der Waals surface area contributed by atoms with Crippen molar-refractivity contribution in [3.8, 4) is 0 Å². The topological polar surface area (TPSA) is 73.0 Å². The number of carbonyl (C=O) groups is 1. The summed E-state index contributed by atoms with van der Waals surface area (Å²) in [5, 5.41) is 6.94. The van der Waals surface area contributed by atoms with Crippen LogP contribution < -0.4 is 14.9 Å². The number of ether oxygens (including phenoxy) is 1. The molecule has 0 radical (unpaired) electrons. The molecule has 2 aliphatic rings. The van der Waals surface area contributed by atoms with Crippen molar-refractivity contribution in [3.63, 3.8) is 0 Å². The van der Waals surface area contributed by atoms with Gasteiger partial charge in [0.25, 0.3) is 0 Å². The SMILES string of the molecule is CN(C)CCCC1=CN(c2ccc(NC(=O)Nc3ccncc3)cc2)SC(N2CCOCC2)=C1. The number of pyridine rings is 1. The Hall–Kier alpha value is -3.01. The summed E-state index contributed by atoms with van der Waals surface area (Å²) in [5.74, 6) is 0. The van der Waals surface area contributed by atoms with E-state index in [1.165, 1.54) is 10.6 Å². The third-order valence-electron chi connectivity index (χ3n) is 5.50. The zero-order valence-corrected chi connectivity index (χ0v) is 20.6. The van der Waals surface area contributed by atoms with Crippen LogP contribution in [0.3, 0.4) is 0 Å². The standard InChI is InChI=1S/C25H32N6O2S/c1-29(2)13-3-4-20-18-24(30-14-16-33-17-15-30)34-31(19-20)23-7-5-21(6-8-23)27-25(32)28-22-9-11-26-12-10-22/h5-12,18-19H,3-4,13-17H2,1-2H3,(H2,26,27,28,32). The summed E-state index contributed by atoms with van der Waals surface area (Å²) < 4.78 is 7.77. The Labute approximate surface area is 205 Å². The Bertz CT molecular complexity index is 1000. The van der Waals surface area contributed by atoms with Gasteiger partial charge in [0.05, 0.1) is 23.9 Å². The number of rotatable bonds is 8. The number of urea groups is 1. The predicted molar refractivity (Wildman–Crippen MR) is 140 cm³/mol. The summed E-state index contributed by atoms with van der Waals surface area (Å²) in [6.45, 7) is 4.41. The molecule has 2 N–H and O–H groups in total. The molecule has 0 atom stereocenters. The van der Waals surface area contributed by atoms with E-state index in [0.717, 1.165) is 57.1 Å². The third-order valence-corrected chi connectivity index (χ3v) is 6.57. The molecule has 1 aromatic heterocycles. The molecular weight excluding hydrogens is 448 g/mol. The van der Waals surface area contributed by atoms with Crippen LogP contribution in [-0.2, 0) is 4.74 Å². The van der Waals surface area contributed by atoms with Gasteiger partial charge in [-0.05, 0) is 81.5 Å². The Kier molecular flexibility index (Phi) is 8.46. The van der Waals surface area contributed by atoms with Crippen molar-refractivity contribution in [1.29, 1.82) is 0 Å². The minimum absolute atomic E-state index is 0.285. The van der Waals surface area contributed by atoms with Gasteiger partial charge in [0.1, 0.15) is 0 Å². The van der Waals surface area contributed by atoms with Gasteiger partial charge in [0.2, 0.25) is 0 Å². The maximum absolute atomic E-state index is 12.3. The average Bonchev–Trinajstić information content (AvgIpc) is 2.85. The van der Waals surface area contributed by atoms with Gasteiger partial charge < -0.3 is 25.2 Å². The summed E-state index contributed by atoms with van der Waals surface area (Å²) in [4.78, 5) is 20.9. The van der Waals surface area contributed by atoms with E-state index in [0.29, 0.717) is 5.69 Å². The van der Waals surface area contributed by atoms with E-state index in [1.54, 1.807) is 36.5 Å². The monoisotopic (exact) mass is 480 g/mol. The maximum Gasteiger partial charge on any atom is 0.323 e. The van der Waals surface area contributed by atoms with E-state index in [1.807, 2.05) is 24.3 Å². The number of allylic oxidation sites excluding steroid dienone is 2. The molecule has 2 amide bonds. The molecule has 2 aromatic rings. The zero-order valence-electron chi connectivity index (χ0n) is 19.7. The van der Waals surface area contributed by atoms with Crippen LogP contribution in [-0.4, -0.2) is 67.8 Å². The van der Waals surface area contributed by atoms with Crippen LogP contribution in [0.25, 0.3) is 0 Å². The van der Waals surface area contributed by atoms with Gasteiger partial charge >= 0.3 is 6.03 Å². The Morgan fingerprint density at radius 2 is 1.74 bits per heavy atom. The summed E-state index contributed by atoms with van der Waals surface area (Å²) in [6.07, 6.45) is 9.97. The number of aromatic nitrogens is 1. The fourth-order valence-electron chi connectivity index (χ4n) is 3.72. The smallest absolute Gasteiger partial charge is 0.323 e. The maximum atomic E-state index is 12.3. The second-order valence-electron chi connectivity index (χ2n) is 8.47. The number of amides is 2. The van der Waals surface area contributed by atoms with Gasteiger partial charge in [0, 0.05) is 55.0 Å². The minimum Gasteiger partial charge on any atom is -0.378 e. The quantitative estimate of drug-likeness (QED) is 0.535. The molecule has 0 bridgehead atoms. The molecule has 3 heterocycles. The van der Waals surface area contributed by atoms with Crippen molar-refractivity contribution in [3.05, 3.63) is 71.7 Å². The molecule has 1 aromatic carbocycles. The predicted octanol–water partition coefficient (Wildman–Crippen LogP) is 4.59. The van der Waals surface area contributed by atoms with Crippen LogP contribution in [0.15, 0.2) is 71.7 Å². The highest BCUT2D eigenvalue weighted by Crippen LogP contribution is 2.37. The largest absolute Gasteiger partial charge is 0.378 e. The van der Waals surface area contributed by atoms with Crippen LogP contribution in [0.1, 0.15) is 12.8 Å². The fourth-order valence-corrected chi connectivity index (χ4v) is 4.84. The highest BCUT2D eigenvalue weighted by atomic mass is 32.2. The summed E-state index contributed by atoms with van der Waals surface area (Å²) in [7, 11) is 4.22. The number of nitrogens with one attached hydrogen (secondary N) is 2. The van der Waals surface area contributed by atoms with Crippen LogP contribution >= 0.6 is 11.9 Å². The number of hydrogen-bond donors (Lipinski definition) is 2. The van der Waals surface area contributed by atoms with E-state index in [9.17, 15) is 4.79 Å². The van der Waals surface area contributed by atoms with Crippen molar-refractivity contribution in [2.75, 3.05) is 61.9 Å². The third kappa shape index (κ3) is 6.99. The highest BCUT2D eigenvalue weighted by molar-refractivity contribution is 8.04. The summed E-state index contributed by atoms with van der Waals surface area (Å²) in [6, 6.07) is 11.1. The zero-order chi connectivity index (χ0) is 23.8. The van der Waals surface area contributed by atoms with Crippen LogP contribution in [0.2, 0.25) is 0 Å². The Balaban J connectivity index is 1.42. The lowest BCUT2D eigenvalue weighted by Gasteiger charge is -2.35. The second kappa shape index (κ2) is 11.9. The van der Waals surface area contributed by atoms with Gasteiger partial charge in [0.15, 0.2) is 0 Å². The fraction of sp³-hybridized carbons (Fsp3) is 0.360. The Morgan fingerprint density at radius 3 is 2.41 bits per heavy atom. The number of anilines is 3. The van der Waals surface area contributed by atoms with E-state index in [4.69, 9.17) is 4.74 Å². The molecule has 1 saturated heterocycles. The van der Waals surface area contributed by atoms with Crippen molar-refractivity contribution in [2.24, 2.45) is 0 Å². The Morgan fingerprint density at radius 1 is 1.06 bits per heavy atom. The first-order chi connectivity index (χ1) is 16.6. The van der Waals surface area contributed by atoms with Crippen molar-refractivity contribution < 1.29 is 9.53 Å². The molecule has 1 fully saturated rings. The number of carbonyl (C=O) groups excluding carboxylic acids is 1. The van der Waals surface area contributed by atoms with Gasteiger partial charge in [-0.2, -0.15) is 0 Å². The van der Waals surface area contributed by atoms with Gasteiger partial charge in [-0.25, -0.2) is 4.79 Å². The molecule has 0 spiro atoms. The normalized spacial score (nSPS) is 16.2. The van der Waals surface area contributed by atoms with Gasteiger partial charge in [-0.15, -0.1) is 0 Å². The number of morpholine rings is 1. The number of nitrogens with zero attached hydrogens (tertiary/aromatic N) is 4. The van der Waals surface area contributed by atoms with Crippen LogP contribution in [0.4, 0.5) is 21.9 Å². The van der Waals surface area contributed by atoms with Gasteiger partial charge in [-0.1, -0.05) is 0 Å². The van der Waals surface area contributed by atoms with Gasteiger partial charge in [-0.3, -0.25) is 9.29 Å². The molecular formula is C25H32N6O2S. The minimum atomic E-state index is -0.285. The first-order valence-corrected chi connectivity index (χ1v) is 12.3. The average molecular weight is 481 g/mol. The van der Waals surface area contributed by atoms with Crippen molar-refractivity contribution >= 4 is 35.0 Å². The highest BCUT2D eigenvalue weighted by Gasteiger charge is 2.21. The molecule has 8 nitrogen and oxygen atoms in total. The van der Waals surface area contributed by atoms with Crippen LogP contribution in [0, 0.1) is 0 Å². The molecule has 9 heteroatoms. The van der Waals surface area contributed by atoms with E-state index in [-0.39, 0.29) is 6.03 Å². The summed E-state index contributed by atoms with van der Waals surface area (Å²) in [5.41, 5.74) is 3.81. The van der Waals surface area contributed by atoms with E-state index < -0.39 is 0 Å². The van der Waals surface area contributed by atoms with Crippen LogP contribution in [0.5, 0.6) is 0 Å². The molecule has 0 aliphatic carbocycles. The molecule has 4 rings (SSSR count). The lowest BCUT2D eigenvalue weighted by atomic mass is 10.1. The molecule has 180 valence electrons. The molecule has 0 saturated carbocycles. The van der Waals surface area contributed by atoms with E-state index >= 15 is 0 Å². The number of benzene rings is 1. The first kappa shape index (κ1) is 24.1. The van der Waals surface area contributed by atoms with Crippen molar-refractivity contribution in [1.82, 2.24) is 14.8 Å². The van der Waals surface area contributed by atoms with E-state index in [2.05, 4.69) is 56.1 Å². The second-order valence-corrected chi connectivity index (χ2v) is 9.47. The number of hydrogen-bond acceptors (Lipinski definition) is 7. The molecule has 0 unspecified atom stereocenters. The molecule has 34 heavy (non-hydrogen) atoms. The molecule has 2 aliphatic heterocycles. The lowest BCUT2D eigenvalue weighted by molar-refractivity contribution is 0.0576.